The molecule has 0 spiro atoms. The van der Waals surface area contributed by atoms with Gasteiger partial charge in [-0.05, 0) is 56.6 Å². The zero-order valence-electron chi connectivity index (χ0n) is 19.3. The largest absolute Gasteiger partial charge is 0.356 e. The van der Waals surface area contributed by atoms with Gasteiger partial charge >= 0.3 is 0 Å². The second kappa shape index (κ2) is 10.1. The van der Waals surface area contributed by atoms with Gasteiger partial charge in [-0.15, -0.1) is 10.2 Å². The molecule has 0 radical (unpaired) electrons. The van der Waals surface area contributed by atoms with Gasteiger partial charge in [-0.25, -0.2) is 0 Å². The van der Waals surface area contributed by atoms with E-state index in [0.717, 1.165) is 40.6 Å². The highest BCUT2D eigenvalue weighted by Crippen LogP contribution is 2.33. The minimum atomic E-state index is -0.298. The van der Waals surface area contributed by atoms with Gasteiger partial charge in [0.05, 0.1) is 5.92 Å². The van der Waals surface area contributed by atoms with Crippen LogP contribution in [-0.2, 0) is 16.0 Å². The monoisotopic (exact) mass is 455 g/mol. The highest BCUT2D eigenvalue weighted by atomic mass is 32.2. The molecule has 1 aromatic heterocycles. The summed E-state index contributed by atoms with van der Waals surface area (Å²) in [6, 6.07) is 6.48. The maximum atomic E-state index is 12.7. The predicted octanol–water partition coefficient (Wildman–Crippen LogP) is 3.83. The number of nitrogens with zero attached hydrogens (tertiary/aromatic N) is 4. The molecular weight excluding hydrogens is 422 g/mol. The van der Waals surface area contributed by atoms with Crippen molar-refractivity contribution < 1.29 is 9.59 Å². The van der Waals surface area contributed by atoms with Gasteiger partial charge in [0, 0.05) is 37.7 Å². The maximum absolute atomic E-state index is 12.7. The van der Waals surface area contributed by atoms with Crippen LogP contribution < -0.4 is 10.2 Å². The molecule has 172 valence electrons. The number of thioether (sulfide) groups is 1. The third kappa shape index (κ3) is 4.70. The summed E-state index contributed by atoms with van der Waals surface area (Å²) < 4.78 is 2.32. The lowest BCUT2D eigenvalue weighted by molar-refractivity contribution is -0.126. The van der Waals surface area contributed by atoms with Gasteiger partial charge in [-0.2, -0.15) is 0 Å². The number of carbonyl (C=O) groups is 2. The van der Waals surface area contributed by atoms with Crippen LogP contribution in [0.15, 0.2) is 23.4 Å². The van der Waals surface area contributed by atoms with Crippen LogP contribution in [0.25, 0.3) is 0 Å². The number of benzene rings is 1. The number of aryl methyl sites for hydroxylation is 2. The minimum absolute atomic E-state index is 0.0214. The van der Waals surface area contributed by atoms with E-state index >= 15 is 0 Å². The molecule has 32 heavy (non-hydrogen) atoms. The Balaban J connectivity index is 1.29. The van der Waals surface area contributed by atoms with Crippen molar-refractivity contribution in [1.29, 1.82) is 0 Å². The number of hydrogen-bond donors (Lipinski definition) is 1. The summed E-state index contributed by atoms with van der Waals surface area (Å²) in [6.07, 6.45) is 8.85. The van der Waals surface area contributed by atoms with E-state index in [1.165, 1.54) is 25.7 Å². The number of nitrogens with one attached hydrogen (secondary N) is 1. The lowest BCUT2D eigenvalue weighted by atomic mass is 10.1. The zero-order valence-corrected chi connectivity index (χ0v) is 20.1. The molecule has 1 N–H and O–H groups in total. The summed E-state index contributed by atoms with van der Waals surface area (Å²) in [5, 5.41) is 12.8. The molecule has 1 aliphatic heterocycles. The van der Waals surface area contributed by atoms with Crippen molar-refractivity contribution in [3.8, 4) is 0 Å². The lowest BCUT2D eigenvalue weighted by Crippen LogP contribution is -2.34. The summed E-state index contributed by atoms with van der Waals surface area (Å²) in [7, 11) is 0. The molecule has 7 nitrogen and oxygen atoms in total. The molecule has 2 fully saturated rings. The van der Waals surface area contributed by atoms with Crippen LogP contribution >= 0.6 is 11.8 Å². The van der Waals surface area contributed by atoms with Gasteiger partial charge in [0.25, 0.3) is 0 Å². The number of rotatable bonds is 8. The molecule has 0 bridgehead atoms. The van der Waals surface area contributed by atoms with Crippen LogP contribution in [0.2, 0.25) is 0 Å². The van der Waals surface area contributed by atoms with E-state index < -0.39 is 0 Å². The van der Waals surface area contributed by atoms with E-state index in [4.69, 9.17) is 0 Å². The molecule has 2 amide bonds. The van der Waals surface area contributed by atoms with Crippen LogP contribution in [0.3, 0.4) is 0 Å². The average molecular weight is 456 g/mol. The summed E-state index contributed by atoms with van der Waals surface area (Å²) >= 11 is 1.65. The van der Waals surface area contributed by atoms with E-state index in [-0.39, 0.29) is 24.2 Å². The fourth-order valence-electron chi connectivity index (χ4n) is 4.89. The Labute approximate surface area is 194 Å². The highest BCUT2D eigenvalue weighted by Gasteiger charge is 2.35. The molecule has 1 saturated heterocycles. The molecule has 1 aromatic carbocycles. The Morgan fingerprint density at radius 3 is 2.75 bits per heavy atom. The summed E-state index contributed by atoms with van der Waals surface area (Å²) in [6.45, 7) is 5.10. The number of carbonyl (C=O) groups excluding carboxylic acids is 2. The molecule has 1 unspecified atom stereocenters. The summed E-state index contributed by atoms with van der Waals surface area (Å²) in [5.41, 5.74) is 3.16. The van der Waals surface area contributed by atoms with Gasteiger partial charge in [-0.3, -0.25) is 9.59 Å². The van der Waals surface area contributed by atoms with Crippen molar-refractivity contribution in [3.63, 3.8) is 0 Å². The number of amides is 2. The fourth-order valence-corrected chi connectivity index (χ4v) is 5.47. The van der Waals surface area contributed by atoms with Crippen LogP contribution in [0, 0.1) is 19.8 Å². The molecular formula is C24H33N5O2S. The molecule has 2 heterocycles. The van der Waals surface area contributed by atoms with Gasteiger partial charge in [0.2, 0.25) is 11.8 Å². The fraction of sp³-hybridized carbons (Fsp3) is 0.583. The van der Waals surface area contributed by atoms with Gasteiger partial charge in [-0.1, -0.05) is 36.7 Å². The van der Waals surface area contributed by atoms with Crippen LogP contribution in [0.5, 0.6) is 0 Å². The molecule has 1 aliphatic carbocycles. The SMILES string of the molecule is CSc1nnc(CCCNC(=O)C2CC(=O)N(c3cccc(C)c3C)C2)n1C1CCCC1. The first-order valence-electron chi connectivity index (χ1n) is 11.6. The quantitative estimate of drug-likeness (QED) is 0.483. The van der Waals surface area contributed by atoms with Gasteiger partial charge in [0.1, 0.15) is 5.82 Å². The Morgan fingerprint density at radius 1 is 1.22 bits per heavy atom. The van der Waals surface area contributed by atoms with Crippen molar-refractivity contribution in [1.82, 2.24) is 20.1 Å². The molecule has 4 rings (SSSR count). The van der Waals surface area contributed by atoms with Crippen molar-refractivity contribution in [2.75, 3.05) is 24.2 Å². The van der Waals surface area contributed by atoms with Crippen molar-refractivity contribution >= 4 is 29.3 Å². The minimum Gasteiger partial charge on any atom is -0.356 e. The standard InChI is InChI=1S/C24H33N5O2S/c1-16-8-6-11-20(17(16)2)28-15-18(14-22(28)30)23(31)25-13-7-12-21-26-27-24(32-3)29(21)19-9-4-5-10-19/h6,8,11,18-19H,4-5,7,9-10,12-15H2,1-3H3,(H,25,31). The molecule has 2 aliphatic rings. The van der Waals surface area contributed by atoms with E-state index in [2.05, 4.69) is 20.1 Å². The normalized spacial score (nSPS) is 19.2. The third-order valence-electron chi connectivity index (χ3n) is 6.85. The van der Waals surface area contributed by atoms with E-state index in [0.29, 0.717) is 19.1 Å². The number of aromatic nitrogens is 3. The Morgan fingerprint density at radius 2 is 2.00 bits per heavy atom. The topological polar surface area (TPSA) is 80.1 Å². The van der Waals surface area contributed by atoms with Crippen LogP contribution in [0.4, 0.5) is 5.69 Å². The first kappa shape index (κ1) is 22.8. The van der Waals surface area contributed by atoms with E-state index in [9.17, 15) is 9.59 Å². The van der Waals surface area contributed by atoms with Crippen molar-refractivity contribution in [2.24, 2.45) is 5.92 Å². The van der Waals surface area contributed by atoms with E-state index in [1.807, 2.05) is 38.3 Å². The highest BCUT2D eigenvalue weighted by molar-refractivity contribution is 7.98. The van der Waals surface area contributed by atoms with E-state index in [1.54, 1.807) is 16.7 Å². The third-order valence-corrected chi connectivity index (χ3v) is 7.49. The Hall–Kier alpha value is -2.35. The Kier molecular flexibility index (Phi) is 7.18. The molecule has 8 heteroatoms. The predicted molar refractivity (Wildman–Crippen MR) is 127 cm³/mol. The number of anilines is 1. The van der Waals surface area contributed by atoms with Crippen LogP contribution in [0.1, 0.15) is 61.5 Å². The van der Waals surface area contributed by atoms with Crippen molar-refractivity contribution in [3.05, 3.63) is 35.2 Å². The average Bonchev–Trinajstić information content (AvgIpc) is 3.52. The maximum Gasteiger partial charge on any atom is 0.227 e. The second-order valence-electron chi connectivity index (χ2n) is 8.93. The zero-order chi connectivity index (χ0) is 22.7. The van der Waals surface area contributed by atoms with Gasteiger partial charge in [0.15, 0.2) is 5.16 Å². The lowest BCUT2D eigenvalue weighted by Gasteiger charge is -2.20. The Bertz CT molecular complexity index is 983. The molecule has 1 atom stereocenters. The summed E-state index contributed by atoms with van der Waals surface area (Å²) in [5.74, 6) is 0.710. The number of hydrogen-bond acceptors (Lipinski definition) is 5. The smallest absolute Gasteiger partial charge is 0.227 e. The van der Waals surface area contributed by atoms with Crippen molar-refractivity contribution in [2.45, 2.75) is 70.0 Å². The molecule has 1 saturated carbocycles. The first-order chi connectivity index (χ1) is 15.5. The van der Waals surface area contributed by atoms with Crippen LogP contribution in [-0.4, -0.2) is 45.9 Å². The second-order valence-corrected chi connectivity index (χ2v) is 9.70. The summed E-state index contributed by atoms with van der Waals surface area (Å²) in [4.78, 5) is 27.1. The first-order valence-corrected chi connectivity index (χ1v) is 12.8. The molecule has 2 aromatic rings. The van der Waals surface area contributed by atoms with Gasteiger partial charge < -0.3 is 14.8 Å².